The first-order valence-corrected chi connectivity index (χ1v) is 5.73. The highest BCUT2D eigenvalue weighted by Crippen LogP contribution is 2.35. The third kappa shape index (κ3) is 2.33. The van der Waals surface area contributed by atoms with Crippen molar-refractivity contribution in [3.8, 4) is 11.1 Å². The van der Waals surface area contributed by atoms with Gasteiger partial charge in [-0.25, -0.2) is 9.18 Å². The van der Waals surface area contributed by atoms with E-state index in [1.54, 1.807) is 18.2 Å². The molecule has 0 unspecified atom stereocenters. The Morgan fingerprint density at radius 1 is 1.11 bits per heavy atom. The van der Waals surface area contributed by atoms with Gasteiger partial charge in [0, 0.05) is 11.1 Å². The molecule has 18 heavy (non-hydrogen) atoms. The highest BCUT2D eigenvalue weighted by atomic mass is 35.5. The molecule has 0 amide bonds. The van der Waals surface area contributed by atoms with Gasteiger partial charge in [-0.2, -0.15) is 0 Å². The lowest BCUT2D eigenvalue weighted by Gasteiger charge is -2.08. The van der Waals surface area contributed by atoms with Crippen molar-refractivity contribution < 1.29 is 14.3 Å². The third-order valence-corrected chi connectivity index (χ3v) is 3.27. The summed E-state index contributed by atoms with van der Waals surface area (Å²) in [5.74, 6) is -1.68. The van der Waals surface area contributed by atoms with Crippen LogP contribution in [0.3, 0.4) is 0 Å². The van der Waals surface area contributed by atoms with E-state index in [1.165, 1.54) is 12.1 Å². The molecule has 0 spiro atoms. The number of benzene rings is 2. The Balaban J connectivity index is 2.66. The monoisotopic (exact) mass is 284 g/mol. The lowest BCUT2D eigenvalue weighted by atomic mass is 10.0. The van der Waals surface area contributed by atoms with Crippen LogP contribution in [0, 0.1) is 5.82 Å². The summed E-state index contributed by atoms with van der Waals surface area (Å²) in [6.07, 6.45) is 0. The number of rotatable bonds is 2. The van der Waals surface area contributed by atoms with Gasteiger partial charge in [0.05, 0.1) is 15.6 Å². The molecule has 2 rings (SSSR count). The summed E-state index contributed by atoms with van der Waals surface area (Å²) in [6, 6.07) is 8.30. The summed E-state index contributed by atoms with van der Waals surface area (Å²) in [7, 11) is 0. The lowest BCUT2D eigenvalue weighted by molar-refractivity contribution is 0.0697. The summed E-state index contributed by atoms with van der Waals surface area (Å²) in [5.41, 5.74) is 0.467. The smallest absolute Gasteiger partial charge is 0.335 e. The molecule has 0 saturated carbocycles. The number of carboxylic acids is 1. The van der Waals surface area contributed by atoms with E-state index in [4.69, 9.17) is 28.3 Å². The van der Waals surface area contributed by atoms with Crippen molar-refractivity contribution in [2.24, 2.45) is 0 Å². The average molecular weight is 285 g/mol. The van der Waals surface area contributed by atoms with Gasteiger partial charge in [0.1, 0.15) is 5.82 Å². The maximum absolute atomic E-state index is 13.7. The van der Waals surface area contributed by atoms with Crippen molar-refractivity contribution in [3.05, 3.63) is 57.8 Å². The Morgan fingerprint density at radius 3 is 2.50 bits per heavy atom. The van der Waals surface area contributed by atoms with Crippen molar-refractivity contribution in [2.45, 2.75) is 0 Å². The molecule has 0 radical (unpaired) electrons. The maximum atomic E-state index is 13.7. The fourth-order valence-electron chi connectivity index (χ4n) is 1.58. The molecule has 0 fully saturated rings. The average Bonchev–Trinajstić information content (AvgIpc) is 2.33. The van der Waals surface area contributed by atoms with Gasteiger partial charge in [-0.3, -0.25) is 0 Å². The first-order valence-electron chi connectivity index (χ1n) is 4.98. The Morgan fingerprint density at radius 2 is 1.83 bits per heavy atom. The van der Waals surface area contributed by atoms with Gasteiger partial charge < -0.3 is 5.11 Å². The zero-order valence-corrected chi connectivity index (χ0v) is 10.5. The Bertz CT molecular complexity index is 626. The van der Waals surface area contributed by atoms with E-state index in [1.807, 2.05) is 0 Å². The van der Waals surface area contributed by atoms with E-state index in [0.29, 0.717) is 5.56 Å². The molecule has 5 heteroatoms. The van der Waals surface area contributed by atoms with Crippen LogP contribution in [0.25, 0.3) is 11.1 Å². The van der Waals surface area contributed by atoms with E-state index in [2.05, 4.69) is 0 Å². The minimum Gasteiger partial charge on any atom is -0.478 e. The van der Waals surface area contributed by atoms with E-state index < -0.39 is 11.8 Å². The largest absolute Gasteiger partial charge is 0.478 e. The van der Waals surface area contributed by atoms with Gasteiger partial charge in [-0.15, -0.1) is 0 Å². The normalized spacial score (nSPS) is 10.4. The van der Waals surface area contributed by atoms with Crippen LogP contribution in [0.15, 0.2) is 36.4 Å². The van der Waals surface area contributed by atoms with Crippen molar-refractivity contribution in [1.82, 2.24) is 0 Å². The number of carboxylic acid groups (broad SMARTS) is 1. The highest BCUT2D eigenvalue weighted by Gasteiger charge is 2.13. The molecule has 2 aromatic rings. The third-order valence-electron chi connectivity index (χ3n) is 2.46. The van der Waals surface area contributed by atoms with Crippen molar-refractivity contribution in [2.75, 3.05) is 0 Å². The second-order valence-corrected chi connectivity index (χ2v) is 4.39. The standard InChI is InChI=1S/C13H7Cl2FO2/c14-10-3-1-2-8(12(10)15)9-6-7(13(17)18)4-5-11(9)16/h1-6H,(H,17,18). The summed E-state index contributed by atoms with van der Waals surface area (Å²) in [6.45, 7) is 0. The van der Waals surface area contributed by atoms with Crippen LogP contribution in [0.1, 0.15) is 10.4 Å². The molecule has 0 aliphatic heterocycles. The molecule has 0 aliphatic carbocycles. The molecule has 0 aromatic heterocycles. The highest BCUT2D eigenvalue weighted by molar-refractivity contribution is 6.43. The zero-order chi connectivity index (χ0) is 13.3. The quantitative estimate of drug-likeness (QED) is 0.882. The molecule has 0 bridgehead atoms. The van der Waals surface area contributed by atoms with E-state index in [0.717, 1.165) is 6.07 Å². The SMILES string of the molecule is O=C(O)c1ccc(F)c(-c2cccc(Cl)c2Cl)c1. The maximum Gasteiger partial charge on any atom is 0.335 e. The first-order chi connectivity index (χ1) is 8.50. The van der Waals surface area contributed by atoms with Crippen LogP contribution in [0.2, 0.25) is 10.0 Å². The summed E-state index contributed by atoms with van der Waals surface area (Å²) in [5, 5.41) is 9.37. The molecule has 2 aromatic carbocycles. The van der Waals surface area contributed by atoms with Gasteiger partial charge >= 0.3 is 5.97 Å². The second-order valence-electron chi connectivity index (χ2n) is 3.60. The zero-order valence-electron chi connectivity index (χ0n) is 8.95. The van der Waals surface area contributed by atoms with Crippen molar-refractivity contribution in [3.63, 3.8) is 0 Å². The Kier molecular flexibility index (Phi) is 3.55. The summed E-state index contributed by atoms with van der Waals surface area (Å²) in [4.78, 5) is 10.9. The van der Waals surface area contributed by atoms with Gasteiger partial charge in [0.25, 0.3) is 0 Å². The summed E-state index contributed by atoms with van der Waals surface area (Å²) >= 11 is 11.8. The van der Waals surface area contributed by atoms with Crippen molar-refractivity contribution >= 4 is 29.2 Å². The topological polar surface area (TPSA) is 37.3 Å². The van der Waals surface area contributed by atoms with E-state index >= 15 is 0 Å². The van der Waals surface area contributed by atoms with Gasteiger partial charge in [0.15, 0.2) is 0 Å². The molecule has 92 valence electrons. The number of halogens is 3. The minimum atomic E-state index is -1.13. The number of hydrogen-bond donors (Lipinski definition) is 1. The molecule has 2 nitrogen and oxygen atoms in total. The van der Waals surface area contributed by atoms with E-state index in [9.17, 15) is 9.18 Å². The number of carbonyl (C=O) groups is 1. The Labute approximate surface area is 113 Å². The van der Waals surface area contributed by atoms with Gasteiger partial charge in [-0.05, 0) is 24.3 Å². The molecular weight excluding hydrogens is 278 g/mol. The van der Waals surface area contributed by atoms with Gasteiger partial charge in [0.2, 0.25) is 0 Å². The molecular formula is C13H7Cl2FO2. The van der Waals surface area contributed by atoms with E-state index in [-0.39, 0.29) is 21.2 Å². The minimum absolute atomic E-state index is 0.0116. The first kappa shape index (κ1) is 12.9. The van der Waals surface area contributed by atoms with Crippen molar-refractivity contribution in [1.29, 1.82) is 0 Å². The number of aromatic carboxylic acids is 1. The molecule has 0 heterocycles. The van der Waals surface area contributed by atoms with Crippen LogP contribution >= 0.6 is 23.2 Å². The fourth-order valence-corrected chi connectivity index (χ4v) is 1.98. The predicted molar refractivity (Wildman–Crippen MR) is 68.8 cm³/mol. The van der Waals surface area contributed by atoms with Crippen LogP contribution in [-0.2, 0) is 0 Å². The molecule has 0 aliphatic rings. The Hall–Kier alpha value is -1.58. The van der Waals surface area contributed by atoms with Gasteiger partial charge in [-0.1, -0.05) is 35.3 Å². The van der Waals surface area contributed by atoms with Crippen LogP contribution in [0.5, 0.6) is 0 Å². The fraction of sp³-hybridized carbons (Fsp3) is 0. The molecule has 1 N–H and O–H groups in total. The summed E-state index contributed by atoms with van der Waals surface area (Å²) < 4.78 is 13.7. The van der Waals surface area contributed by atoms with Crippen LogP contribution in [-0.4, -0.2) is 11.1 Å². The number of hydrogen-bond acceptors (Lipinski definition) is 1. The molecule has 0 saturated heterocycles. The van der Waals surface area contributed by atoms with Crippen LogP contribution in [0.4, 0.5) is 4.39 Å². The molecule has 0 atom stereocenters. The second kappa shape index (κ2) is 4.96. The predicted octanol–water partition coefficient (Wildman–Crippen LogP) is 4.50. The van der Waals surface area contributed by atoms with Crippen LogP contribution < -0.4 is 0 Å². The lowest BCUT2D eigenvalue weighted by Crippen LogP contribution is -1.98.